The van der Waals surface area contributed by atoms with E-state index in [1.54, 1.807) is 0 Å². The predicted molar refractivity (Wildman–Crippen MR) is 286 cm³/mol. The lowest BCUT2D eigenvalue weighted by Gasteiger charge is -2.25. The van der Waals surface area contributed by atoms with Gasteiger partial charge in [-0.3, -0.25) is 9.59 Å². The van der Waals surface area contributed by atoms with E-state index >= 15 is 0 Å². The Morgan fingerprint density at radius 3 is 1.25 bits per heavy atom. The summed E-state index contributed by atoms with van der Waals surface area (Å²) < 4.78 is 22.8. The molecular weight excluding hydrogens is 851 g/mol. The van der Waals surface area contributed by atoms with Crippen LogP contribution < -0.4 is 0 Å². The molecule has 0 spiro atoms. The highest BCUT2D eigenvalue weighted by molar-refractivity contribution is 5.71. The average Bonchev–Trinajstić information content (AvgIpc) is 3.30. The fourth-order valence-corrected chi connectivity index (χ4v) is 7.75. The minimum atomic E-state index is -1.52. The quantitative estimate of drug-likeness (QED) is 0.0211. The molecule has 0 amide bonds. The number of ether oxygens (including phenoxy) is 4. The summed E-state index contributed by atoms with van der Waals surface area (Å²) in [6.07, 6.45) is 60.2. The number of esters is 2. The maximum absolute atomic E-state index is 12.8. The van der Waals surface area contributed by atoms with E-state index in [2.05, 4.69) is 74.6 Å². The molecule has 0 radical (unpaired) electrons. The number of hydrogen-bond donors (Lipinski definition) is 1. The van der Waals surface area contributed by atoms with Crippen LogP contribution >= 0.6 is 0 Å². The number of rotatable bonds is 51. The van der Waals surface area contributed by atoms with E-state index in [1.165, 1.54) is 135 Å². The number of allylic oxidation sites excluding steroid dienone is 10. The molecular formula is C59H106NO8+. The van der Waals surface area contributed by atoms with Crippen LogP contribution in [0.2, 0.25) is 0 Å². The van der Waals surface area contributed by atoms with Gasteiger partial charge >= 0.3 is 17.9 Å². The van der Waals surface area contributed by atoms with E-state index in [9.17, 15) is 19.5 Å². The van der Waals surface area contributed by atoms with Crippen molar-refractivity contribution in [2.75, 3.05) is 47.5 Å². The topological polar surface area (TPSA) is 108 Å². The molecule has 0 heterocycles. The van der Waals surface area contributed by atoms with E-state index in [0.29, 0.717) is 23.9 Å². The van der Waals surface area contributed by atoms with Gasteiger partial charge in [-0.2, -0.15) is 0 Å². The van der Waals surface area contributed by atoms with Crippen LogP contribution in [0.5, 0.6) is 0 Å². The number of carboxylic acid groups (broad SMARTS) is 1. The zero-order chi connectivity index (χ0) is 49.9. The van der Waals surface area contributed by atoms with E-state index in [-0.39, 0.29) is 32.2 Å². The fourth-order valence-electron chi connectivity index (χ4n) is 7.75. The average molecular weight is 957 g/mol. The van der Waals surface area contributed by atoms with Crippen molar-refractivity contribution in [1.29, 1.82) is 0 Å². The maximum atomic E-state index is 12.8. The smallest absolute Gasteiger partial charge is 0.361 e. The van der Waals surface area contributed by atoms with Gasteiger partial charge in [-0.15, -0.1) is 0 Å². The minimum Gasteiger partial charge on any atom is -0.477 e. The van der Waals surface area contributed by atoms with E-state index in [4.69, 9.17) is 18.9 Å². The zero-order valence-corrected chi connectivity index (χ0v) is 44.8. The van der Waals surface area contributed by atoms with Crippen molar-refractivity contribution in [3.05, 3.63) is 60.8 Å². The first kappa shape index (κ1) is 65.0. The second-order valence-corrected chi connectivity index (χ2v) is 19.9. The standard InChI is InChI=1S/C59H105NO8/c1-6-8-10-12-14-16-18-20-22-24-26-27-28-29-30-32-33-35-37-39-41-43-45-47-49-56(61)66-53-55(54-67-59(58(63)64)65-52-51-60(3,4)5)68-57(62)50-48-46-44-42-40-38-36-34-31-25-23-21-19-17-15-13-11-9-7-2/h9,11,15,17,21,23,31,34,38,40,55,59H,6-8,10,12-14,16,18-20,22,24-30,32-33,35-37,39,41-54H2,1-5H3/p+1/b11-9-,17-15-,23-21-,34-31-,40-38-. The summed E-state index contributed by atoms with van der Waals surface area (Å²) in [4.78, 5) is 37.4. The summed E-state index contributed by atoms with van der Waals surface area (Å²) in [6.45, 7) is 4.75. The number of hydrogen-bond acceptors (Lipinski definition) is 7. The van der Waals surface area contributed by atoms with Gasteiger partial charge < -0.3 is 28.5 Å². The Kier molecular flexibility index (Phi) is 48.2. The van der Waals surface area contributed by atoms with Gasteiger partial charge in [0.25, 0.3) is 6.29 Å². The largest absolute Gasteiger partial charge is 0.477 e. The normalized spacial score (nSPS) is 13.2. The number of carboxylic acids is 1. The van der Waals surface area contributed by atoms with Gasteiger partial charge in [0.05, 0.1) is 34.4 Å². The third-order valence-electron chi connectivity index (χ3n) is 12.0. The molecule has 9 heteroatoms. The SMILES string of the molecule is CC/C=C\C/C=C\C/C=C\C/C=C\C/C=C\CCCCCC(=O)OC(COC(=O)CCCCCCCCCCCCCCCCCCCCCCCCCC)COC(OCC[N+](C)(C)C)C(=O)O. The van der Waals surface area contributed by atoms with Crippen LogP contribution in [0, 0.1) is 0 Å². The maximum Gasteiger partial charge on any atom is 0.361 e. The van der Waals surface area contributed by atoms with Gasteiger partial charge in [0.2, 0.25) is 0 Å². The molecule has 0 aromatic heterocycles. The number of quaternary nitrogens is 1. The predicted octanol–water partition coefficient (Wildman–Crippen LogP) is 16.1. The van der Waals surface area contributed by atoms with Crippen molar-refractivity contribution < 1.29 is 42.9 Å². The Morgan fingerprint density at radius 2 is 0.838 bits per heavy atom. The first-order valence-electron chi connectivity index (χ1n) is 28.0. The molecule has 0 aromatic rings. The van der Waals surface area contributed by atoms with Crippen LogP contribution in [-0.4, -0.2) is 87.4 Å². The Balaban J connectivity index is 4.29. The van der Waals surface area contributed by atoms with Gasteiger partial charge in [-0.05, 0) is 57.8 Å². The van der Waals surface area contributed by atoms with Crippen molar-refractivity contribution in [3.8, 4) is 0 Å². The molecule has 0 aliphatic heterocycles. The second-order valence-electron chi connectivity index (χ2n) is 19.9. The van der Waals surface area contributed by atoms with Gasteiger partial charge in [0.15, 0.2) is 6.10 Å². The van der Waals surface area contributed by atoms with Crippen molar-refractivity contribution in [2.24, 2.45) is 0 Å². The Bertz CT molecular complexity index is 1300. The van der Waals surface area contributed by atoms with Crippen LogP contribution in [-0.2, 0) is 33.3 Å². The second kappa shape index (κ2) is 50.4. The molecule has 9 nitrogen and oxygen atoms in total. The molecule has 0 aromatic carbocycles. The number of likely N-dealkylation sites (N-methyl/N-ethyl adjacent to an activating group) is 1. The number of unbranched alkanes of at least 4 members (excludes halogenated alkanes) is 26. The first-order valence-corrected chi connectivity index (χ1v) is 28.0. The lowest BCUT2D eigenvalue weighted by atomic mass is 10.0. The highest BCUT2D eigenvalue weighted by Gasteiger charge is 2.25. The molecule has 68 heavy (non-hydrogen) atoms. The number of nitrogens with zero attached hydrogens (tertiary/aromatic N) is 1. The van der Waals surface area contributed by atoms with Gasteiger partial charge in [-0.25, -0.2) is 4.79 Å². The van der Waals surface area contributed by atoms with E-state index in [1.807, 2.05) is 21.1 Å². The molecule has 0 bridgehead atoms. The molecule has 0 fully saturated rings. The van der Waals surface area contributed by atoms with Crippen LogP contribution in [0.4, 0.5) is 0 Å². The highest BCUT2D eigenvalue weighted by atomic mass is 16.7. The van der Waals surface area contributed by atoms with Crippen LogP contribution in [0.1, 0.15) is 239 Å². The number of carbonyl (C=O) groups is 3. The summed E-state index contributed by atoms with van der Waals surface area (Å²) in [6, 6.07) is 0. The number of aliphatic carboxylic acids is 1. The van der Waals surface area contributed by atoms with Crippen molar-refractivity contribution in [2.45, 2.75) is 251 Å². The molecule has 0 rings (SSSR count). The lowest BCUT2D eigenvalue weighted by Crippen LogP contribution is -2.40. The van der Waals surface area contributed by atoms with Crippen molar-refractivity contribution in [1.82, 2.24) is 0 Å². The summed E-state index contributed by atoms with van der Waals surface area (Å²) in [5.41, 5.74) is 0. The van der Waals surface area contributed by atoms with Crippen molar-refractivity contribution >= 4 is 17.9 Å². The summed E-state index contributed by atoms with van der Waals surface area (Å²) in [7, 11) is 5.95. The molecule has 1 N–H and O–H groups in total. The number of carbonyl (C=O) groups excluding carboxylic acids is 2. The van der Waals surface area contributed by atoms with Crippen LogP contribution in [0.25, 0.3) is 0 Å². The molecule has 2 unspecified atom stereocenters. The third-order valence-corrected chi connectivity index (χ3v) is 12.0. The third kappa shape index (κ3) is 50.9. The Hall–Kier alpha value is -3.01. The van der Waals surface area contributed by atoms with Gasteiger partial charge in [0.1, 0.15) is 13.2 Å². The molecule has 394 valence electrons. The highest BCUT2D eigenvalue weighted by Crippen LogP contribution is 2.17. The Morgan fingerprint density at radius 1 is 0.456 bits per heavy atom. The van der Waals surface area contributed by atoms with Gasteiger partial charge in [-0.1, -0.05) is 229 Å². The first-order chi connectivity index (χ1) is 33.1. The summed E-state index contributed by atoms with van der Waals surface area (Å²) in [5, 5.41) is 9.69. The van der Waals surface area contributed by atoms with Gasteiger partial charge in [0, 0.05) is 12.8 Å². The Labute approximate surface area is 418 Å². The van der Waals surface area contributed by atoms with Crippen LogP contribution in [0.15, 0.2) is 60.8 Å². The molecule has 0 saturated heterocycles. The summed E-state index contributed by atoms with van der Waals surface area (Å²) in [5.74, 6) is -2.04. The molecule has 0 aliphatic carbocycles. The van der Waals surface area contributed by atoms with E-state index < -0.39 is 24.3 Å². The molecule has 2 atom stereocenters. The zero-order valence-electron chi connectivity index (χ0n) is 44.8. The fraction of sp³-hybridized carbons (Fsp3) is 0.780. The van der Waals surface area contributed by atoms with E-state index in [0.717, 1.165) is 70.6 Å². The minimum absolute atomic E-state index is 0.180. The van der Waals surface area contributed by atoms with Crippen molar-refractivity contribution in [3.63, 3.8) is 0 Å². The monoisotopic (exact) mass is 957 g/mol. The summed E-state index contributed by atoms with van der Waals surface area (Å²) >= 11 is 0. The lowest BCUT2D eigenvalue weighted by molar-refractivity contribution is -0.870. The molecule has 0 aliphatic rings. The van der Waals surface area contributed by atoms with Crippen LogP contribution in [0.3, 0.4) is 0 Å². The molecule has 0 saturated carbocycles.